The lowest BCUT2D eigenvalue weighted by molar-refractivity contribution is -0.168. The van der Waals surface area contributed by atoms with E-state index < -0.39 is 89.9 Å². The van der Waals surface area contributed by atoms with E-state index in [1.807, 2.05) is 0 Å². The molecule has 1 aliphatic carbocycles. The van der Waals surface area contributed by atoms with Gasteiger partial charge in [0, 0.05) is 47.0 Å². The molecule has 1 amide bonds. The maximum absolute atomic E-state index is 14.0. The van der Waals surface area contributed by atoms with E-state index in [9.17, 15) is 49.8 Å². The molecule has 4 aliphatic rings. The Morgan fingerprint density at radius 2 is 1.51 bits per heavy atom. The van der Waals surface area contributed by atoms with Crippen molar-refractivity contribution in [3.8, 4) is 11.5 Å². The second-order valence-electron chi connectivity index (χ2n) is 14.7. The van der Waals surface area contributed by atoms with Gasteiger partial charge in [-0.1, -0.05) is 39.0 Å². The van der Waals surface area contributed by atoms with Gasteiger partial charge in [0.1, 0.15) is 28.8 Å². The lowest BCUT2D eigenvalue weighted by Gasteiger charge is -2.39. The number of aliphatic hydroxyl groups is 5. The van der Waals surface area contributed by atoms with Gasteiger partial charge in [-0.05, 0) is 46.3 Å². The van der Waals surface area contributed by atoms with Gasteiger partial charge in [0.15, 0.2) is 11.5 Å². The first kappa shape index (κ1) is 42.9. The van der Waals surface area contributed by atoms with Crippen LogP contribution in [0.1, 0.15) is 76.9 Å². The van der Waals surface area contributed by atoms with E-state index in [-0.39, 0.29) is 61.9 Å². The quantitative estimate of drug-likeness (QED) is 0.130. The standard InChI is InChI=1S/C40H51NO14/c1-16-12-11-13-17(2)38(49)41-28-19(4)36(55-23(8)42)24-25(33(28)47)31(45)21(6)35-26(24)34(53-15-54-35)18(3)14-40(9,51)37(48)22(7)32(46)27(39(50)52-10)30(44)20(5)29(16)43/h11-14,16,20,22,27,29-30,32,37,43-44,46-48,51H,15H2,1-10H3,(H,41,49)/b12-11-,17-13+,18-14+/t16-,20-,22+,27-,29-,30-,32-,37-,40-/m1/s1. The number of fused-ring (bicyclic) bond motifs is 14. The number of phenolic OH excluding ortho intramolecular Hbond substituents is 1. The molecular weight excluding hydrogens is 718 g/mol. The molecule has 0 saturated carbocycles. The van der Waals surface area contributed by atoms with Crippen molar-refractivity contribution in [2.45, 2.75) is 92.3 Å². The van der Waals surface area contributed by atoms with Gasteiger partial charge in [-0.25, -0.2) is 0 Å². The number of carbonyl (C=O) groups is 4. The summed E-state index contributed by atoms with van der Waals surface area (Å²) in [6, 6.07) is 0. The molecule has 1 aromatic carbocycles. The number of aliphatic hydroxyl groups excluding tert-OH is 4. The Balaban J connectivity index is 2.07. The second-order valence-corrected chi connectivity index (χ2v) is 14.7. The number of carbonyl (C=O) groups excluding carboxylic acids is 4. The number of ketones is 1. The first-order chi connectivity index (χ1) is 25.6. The van der Waals surface area contributed by atoms with Gasteiger partial charge in [0.25, 0.3) is 5.91 Å². The van der Waals surface area contributed by atoms with Crippen LogP contribution in [-0.4, -0.2) is 98.2 Å². The molecule has 0 fully saturated rings. The van der Waals surface area contributed by atoms with Crippen LogP contribution in [0.2, 0.25) is 0 Å². The first-order valence-electron chi connectivity index (χ1n) is 17.8. The largest absolute Gasteiger partial charge is 0.505 e. The molecule has 3 aliphatic heterocycles. The lowest BCUT2D eigenvalue weighted by Crippen LogP contribution is -2.53. The summed E-state index contributed by atoms with van der Waals surface area (Å²) in [6.45, 7) is 12.3. The highest BCUT2D eigenvalue weighted by molar-refractivity contribution is 6.21. The van der Waals surface area contributed by atoms with E-state index in [0.717, 1.165) is 14.0 Å². The van der Waals surface area contributed by atoms with Crippen molar-refractivity contribution in [1.29, 1.82) is 0 Å². The number of hydrogen-bond acceptors (Lipinski definition) is 14. The number of phenols is 1. The molecule has 1 aromatic rings. The monoisotopic (exact) mass is 769 g/mol. The summed E-state index contributed by atoms with van der Waals surface area (Å²) in [6.07, 6.45) is -0.878. The fraction of sp³-hybridized carbons (Fsp3) is 0.500. The van der Waals surface area contributed by atoms with Crippen molar-refractivity contribution >= 4 is 34.9 Å². The molecule has 5 rings (SSSR count). The van der Waals surface area contributed by atoms with Crippen LogP contribution in [0, 0.1) is 30.6 Å². The topological polar surface area (TPSA) is 239 Å². The van der Waals surface area contributed by atoms with Crippen molar-refractivity contribution in [2.24, 2.45) is 23.7 Å². The van der Waals surface area contributed by atoms with E-state index >= 15 is 0 Å². The number of ether oxygens (including phenoxy) is 4. The number of esters is 2. The third-order valence-corrected chi connectivity index (χ3v) is 10.6. The zero-order valence-electron chi connectivity index (χ0n) is 32.6. The SMILES string of the molecule is COC(=O)[C@@H]1[C@H](O)[C@H](C)[C@H](O)[C@H](C)/C=C\C=C(/C)C(=O)Nc2c(C)c(OC(C)=O)c3c(c2O)C(=O)C(C)=C2OCOC(=C23)/C(C)=C/[C@@](C)(O)[C@H](O)[C@@H](C)[C@H]1O. The van der Waals surface area contributed by atoms with Crippen molar-refractivity contribution in [3.05, 3.63) is 69.2 Å². The number of methoxy groups -OCH3 is 1. The Hall–Kier alpha value is -4.80. The van der Waals surface area contributed by atoms with Crippen LogP contribution in [0.15, 0.2) is 52.5 Å². The highest BCUT2D eigenvalue weighted by atomic mass is 16.7. The molecule has 3 heterocycles. The molecule has 0 radical (unpaired) electrons. The van der Waals surface area contributed by atoms with E-state index in [1.165, 1.54) is 66.7 Å². The predicted molar refractivity (Wildman–Crippen MR) is 198 cm³/mol. The number of hydrogen-bond donors (Lipinski definition) is 7. The summed E-state index contributed by atoms with van der Waals surface area (Å²) in [7, 11) is 1.06. The minimum absolute atomic E-state index is 0.00256. The average molecular weight is 770 g/mol. The average Bonchev–Trinajstić information content (AvgIpc) is 3.13. The number of nitrogens with one attached hydrogen (secondary N) is 1. The molecule has 15 heteroatoms. The zero-order chi connectivity index (χ0) is 41.4. The Labute approximate surface area is 319 Å². The summed E-state index contributed by atoms with van der Waals surface area (Å²) in [5, 5.41) is 71.8. The Kier molecular flexibility index (Phi) is 12.9. The molecule has 15 nitrogen and oxygen atoms in total. The highest BCUT2D eigenvalue weighted by Gasteiger charge is 2.47. The van der Waals surface area contributed by atoms with Crippen LogP contribution in [0.3, 0.4) is 0 Å². The third kappa shape index (κ3) is 8.12. The van der Waals surface area contributed by atoms with Crippen molar-refractivity contribution < 1.29 is 68.8 Å². The van der Waals surface area contributed by atoms with Crippen LogP contribution >= 0.6 is 0 Å². The van der Waals surface area contributed by atoms with E-state index in [0.29, 0.717) is 0 Å². The molecule has 0 unspecified atom stereocenters. The van der Waals surface area contributed by atoms with E-state index in [2.05, 4.69) is 5.32 Å². The Bertz CT molecular complexity index is 1920. The van der Waals surface area contributed by atoms with Crippen molar-refractivity contribution in [1.82, 2.24) is 0 Å². The molecule has 9 atom stereocenters. The summed E-state index contributed by atoms with van der Waals surface area (Å²) >= 11 is 0. The minimum atomic E-state index is -2.17. The van der Waals surface area contributed by atoms with Gasteiger partial charge in [0.05, 0.1) is 48.3 Å². The summed E-state index contributed by atoms with van der Waals surface area (Å²) in [4.78, 5) is 53.0. The summed E-state index contributed by atoms with van der Waals surface area (Å²) in [5.74, 6) is -8.68. The number of Topliss-reactive ketones (excluding diaryl/α,β-unsaturated/α-hetero) is 1. The zero-order valence-corrected chi connectivity index (χ0v) is 32.6. The summed E-state index contributed by atoms with van der Waals surface area (Å²) < 4.78 is 22.3. The highest BCUT2D eigenvalue weighted by Crippen LogP contribution is 2.53. The van der Waals surface area contributed by atoms with Crippen LogP contribution in [0.25, 0.3) is 5.57 Å². The Morgan fingerprint density at radius 1 is 0.909 bits per heavy atom. The van der Waals surface area contributed by atoms with Gasteiger partial charge in [0.2, 0.25) is 6.79 Å². The van der Waals surface area contributed by atoms with Gasteiger partial charge >= 0.3 is 11.9 Å². The van der Waals surface area contributed by atoms with E-state index in [1.54, 1.807) is 13.0 Å². The molecule has 55 heavy (non-hydrogen) atoms. The molecular formula is C40H51NO14. The molecule has 0 spiro atoms. The van der Waals surface area contributed by atoms with Gasteiger partial charge in [-0.2, -0.15) is 0 Å². The fourth-order valence-electron chi connectivity index (χ4n) is 7.28. The molecule has 7 N–H and O–H groups in total. The number of allylic oxidation sites excluding steroid dienone is 5. The van der Waals surface area contributed by atoms with Crippen LogP contribution in [0.4, 0.5) is 5.69 Å². The Morgan fingerprint density at radius 3 is 2.11 bits per heavy atom. The molecule has 4 bridgehead atoms. The van der Waals surface area contributed by atoms with Crippen molar-refractivity contribution in [3.63, 3.8) is 0 Å². The first-order valence-corrected chi connectivity index (χ1v) is 17.8. The number of benzene rings is 1. The number of aromatic hydroxyl groups is 1. The normalized spacial score (nSPS) is 33.3. The van der Waals surface area contributed by atoms with Gasteiger partial charge in [-0.3, -0.25) is 19.2 Å². The number of amides is 1. The number of anilines is 1. The fourth-order valence-corrected chi connectivity index (χ4v) is 7.28. The lowest BCUT2D eigenvalue weighted by atomic mass is 9.75. The molecule has 300 valence electrons. The van der Waals surface area contributed by atoms with Crippen molar-refractivity contribution in [2.75, 3.05) is 19.2 Å². The van der Waals surface area contributed by atoms with Crippen LogP contribution in [0.5, 0.6) is 11.5 Å². The van der Waals surface area contributed by atoms with Crippen LogP contribution in [-0.2, 0) is 28.6 Å². The maximum Gasteiger partial charge on any atom is 0.313 e. The van der Waals surface area contributed by atoms with Crippen LogP contribution < -0.4 is 10.1 Å². The van der Waals surface area contributed by atoms with E-state index in [4.69, 9.17) is 18.9 Å². The minimum Gasteiger partial charge on any atom is -0.505 e. The third-order valence-electron chi connectivity index (χ3n) is 10.6. The number of rotatable bonds is 2. The summed E-state index contributed by atoms with van der Waals surface area (Å²) in [5.41, 5.74) is -2.34. The smallest absolute Gasteiger partial charge is 0.313 e. The maximum atomic E-state index is 14.0. The van der Waals surface area contributed by atoms with Gasteiger partial charge < -0.3 is 54.9 Å². The molecule has 0 saturated heterocycles. The molecule has 0 aromatic heterocycles. The second kappa shape index (κ2) is 16.5. The predicted octanol–water partition coefficient (Wildman–Crippen LogP) is 3.10. The van der Waals surface area contributed by atoms with Gasteiger partial charge in [-0.15, -0.1) is 0 Å².